The Morgan fingerprint density at radius 3 is 2.50 bits per heavy atom. The molecule has 32 heavy (non-hydrogen) atoms. The van der Waals surface area contributed by atoms with Gasteiger partial charge in [-0.2, -0.15) is 0 Å². The van der Waals surface area contributed by atoms with E-state index in [-0.39, 0.29) is 11.3 Å². The summed E-state index contributed by atoms with van der Waals surface area (Å²) in [5.74, 6) is -2.26. The van der Waals surface area contributed by atoms with Gasteiger partial charge in [-0.25, -0.2) is 4.39 Å². The molecule has 2 aliphatic heterocycles. The molecule has 2 fully saturated rings. The molecule has 1 amide bonds. The lowest BCUT2D eigenvalue weighted by Gasteiger charge is -2.29. The number of benzene rings is 2. The molecule has 2 aliphatic rings. The van der Waals surface area contributed by atoms with Crippen molar-refractivity contribution in [2.24, 2.45) is 0 Å². The van der Waals surface area contributed by atoms with Gasteiger partial charge in [0.05, 0.1) is 24.8 Å². The van der Waals surface area contributed by atoms with E-state index in [1.165, 1.54) is 23.1 Å². The molecule has 2 heterocycles. The molecular formula is C24H24ClFN2O4. The number of carbonyl (C=O) groups excluding carboxylic acids is 2. The third-order valence-corrected chi connectivity index (χ3v) is 6.05. The zero-order chi connectivity index (χ0) is 22.7. The van der Waals surface area contributed by atoms with Crippen LogP contribution in [0, 0.1) is 5.82 Å². The molecule has 4 rings (SSSR count). The summed E-state index contributed by atoms with van der Waals surface area (Å²) in [5, 5.41) is 11.4. The van der Waals surface area contributed by atoms with Crippen LogP contribution in [0.4, 0.5) is 4.39 Å². The molecule has 6 nitrogen and oxygen atoms in total. The summed E-state index contributed by atoms with van der Waals surface area (Å²) in [6.07, 6.45) is 0.639. The highest BCUT2D eigenvalue weighted by Crippen LogP contribution is 2.39. The molecule has 1 unspecified atom stereocenters. The minimum atomic E-state index is -0.869. The second kappa shape index (κ2) is 9.81. The minimum Gasteiger partial charge on any atom is -0.507 e. The molecule has 2 aromatic rings. The standard InChI is InChI=1S/C24H24ClFN2O4/c25-18-7-5-16(6-8-18)22(29)20-21(17-3-1-4-19(26)15-17)28(24(31)23(20)30)10-2-9-27-11-13-32-14-12-27/h1,3-8,15,21,29H,2,9-14H2. The first-order valence-corrected chi connectivity index (χ1v) is 10.9. The molecule has 168 valence electrons. The summed E-state index contributed by atoms with van der Waals surface area (Å²) < 4.78 is 19.4. The Kier molecular flexibility index (Phi) is 6.89. The quantitative estimate of drug-likeness (QED) is 0.407. The predicted molar refractivity (Wildman–Crippen MR) is 119 cm³/mol. The lowest BCUT2D eigenvalue weighted by Crippen LogP contribution is -2.39. The number of halogens is 2. The highest BCUT2D eigenvalue weighted by Gasteiger charge is 2.45. The van der Waals surface area contributed by atoms with Crippen LogP contribution in [0.15, 0.2) is 54.1 Å². The van der Waals surface area contributed by atoms with Crippen molar-refractivity contribution in [3.63, 3.8) is 0 Å². The van der Waals surface area contributed by atoms with Crippen molar-refractivity contribution >= 4 is 29.1 Å². The Bertz CT molecular complexity index is 1030. The number of amides is 1. The van der Waals surface area contributed by atoms with Crippen LogP contribution in [-0.2, 0) is 14.3 Å². The van der Waals surface area contributed by atoms with Crippen LogP contribution in [0.3, 0.4) is 0 Å². The Labute approximate surface area is 190 Å². The van der Waals surface area contributed by atoms with Crippen LogP contribution in [0.2, 0.25) is 5.02 Å². The highest BCUT2D eigenvalue weighted by molar-refractivity contribution is 6.46. The van der Waals surface area contributed by atoms with E-state index < -0.39 is 23.5 Å². The Morgan fingerprint density at radius 1 is 1.09 bits per heavy atom. The molecular weight excluding hydrogens is 435 g/mol. The van der Waals surface area contributed by atoms with Gasteiger partial charge in [-0.1, -0.05) is 23.7 Å². The SMILES string of the molecule is O=C1C(=O)N(CCCN2CCOCC2)C(c2cccc(F)c2)C1=C(O)c1ccc(Cl)cc1. The normalized spacial score (nSPS) is 21.3. The molecule has 1 atom stereocenters. The number of aliphatic hydroxyl groups is 1. The zero-order valence-electron chi connectivity index (χ0n) is 17.5. The lowest BCUT2D eigenvalue weighted by molar-refractivity contribution is -0.140. The summed E-state index contributed by atoms with van der Waals surface area (Å²) in [6.45, 7) is 4.05. The van der Waals surface area contributed by atoms with E-state index in [4.69, 9.17) is 16.3 Å². The number of rotatable bonds is 6. The average Bonchev–Trinajstić information content (AvgIpc) is 3.05. The number of ketones is 1. The molecule has 1 N–H and O–H groups in total. The first kappa shape index (κ1) is 22.5. The smallest absolute Gasteiger partial charge is 0.295 e. The summed E-state index contributed by atoms with van der Waals surface area (Å²) in [6, 6.07) is 11.2. The number of aliphatic hydroxyl groups excluding tert-OH is 1. The summed E-state index contributed by atoms with van der Waals surface area (Å²) in [7, 11) is 0. The van der Waals surface area contributed by atoms with Crippen molar-refractivity contribution in [2.75, 3.05) is 39.4 Å². The van der Waals surface area contributed by atoms with Gasteiger partial charge in [0.15, 0.2) is 0 Å². The maximum atomic E-state index is 14.0. The minimum absolute atomic E-state index is 0.0469. The number of likely N-dealkylation sites (tertiary alicyclic amines) is 1. The molecule has 0 spiro atoms. The number of hydrogen-bond acceptors (Lipinski definition) is 5. The molecule has 2 aromatic carbocycles. The lowest BCUT2D eigenvalue weighted by atomic mass is 9.95. The first-order valence-electron chi connectivity index (χ1n) is 10.6. The van der Waals surface area contributed by atoms with E-state index in [1.807, 2.05) is 0 Å². The molecule has 0 aliphatic carbocycles. The van der Waals surface area contributed by atoms with Crippen molar-refractivity contribution in [1.82, 2.24) is 9.80 Å². The summed E-state index contributed by atoms with van der Waals surface area (Å²) in [4.78, 5) is 29.6. The number of hydrogen-bond donors (Lipinski definition) is 1. The number of ether oxygens (including phenoxy) is 1. The van der Waals surface area contributed by atoms with Crippen molar-refractivity contribution in [3.8, 4) is 0 Å². The maximum Gasteiger partial charge on any atom is 0.295 e. The van der Waals surface area contributed by atoms with E-state index in [1.54, 1.807) is 30.3 Å². The van der Waals surface area contributed by atoms with E-state index in [0.717, 1.165) is 19.6 Å². The second-order valence-electron chi connectivity index (χ2n) is 7.86. The van der Waals surface area contributed by atoms with Crippen molar-refractivity contribution < 1.29 is 23.8 Å². The van der Waals surface area contributed by atoms with Crippen molar-refractivity contribution in [1.29, 1.82) is 0 Å². The Hall–Kier alpha value is -2.74. The highest BCUT2D eigenvalue weighted by atomic mass is 35.5. The van der Waals surface area contributed by atoms with Gasteiger partial charge in [-0.15, -0.1) is 0 Å². The summed E-state index contributed by atoms with van der Waals surface area (Å²) in [5.41, 5.74) is 0.752. The van der Waals surface area contributed by atoms with Crippen LogP contribution in [0.5, 0.6) is 0 Å². The van der Waals surface area contributed by atoms with Crippen LogP contribution in [0.1, 0.15) is 23.6 Å². The van der Waals surface area contributed by atoms with Gasteiger partial charge in [-0.3, -0.25) is 14.5 Å². The van der Waals surface area contributed by atoms with Gasteiger partial charge >= 0.3 is 0 Å². The third kappa shape index (κ3) is 4.70. The fourth-order valence-electron chi connectivity index (χ4n) is 4.19. The van der Waals surface area contributed by atoms with Crippen molar-refractivity contribution in [2.45, 2.75) is 12.5 Å². The molecule has 0 radical (unpaired) electrons. The molecule has 0 aromatic heterocycles. The van der Waals surface area contributed by atoms with Gasteiger partial charge in [0.25, 0.3) is 11.7 Å². The number of morpholine rings is 1. The largest absolute Gasteiger partial charge is 0.507 e. The third-order valence-electron chi connectivity index (χ3n) is 5.80. The predicted octanol–water partition coefficient (Wildman–Crippen LogP) is 3.62. The number of carbonyl (C=O) groups is 2. The van der Waals surface area contributed by atoms with E-state index >= 15 is 0 Å². The van der Waals surface area contributed by atoms with Crippen molar-refractivity contribution in [3.05, 3.63) is 76.1 Å². The molecule has 2 saturated heterocycles. The monoisotopic (exact) mass is 458 g/mol. The Morgan fingerprint density at radius 2 is 1.81 bits per heavy atom. The van der Waals surface area contributed by atoms with Crippen LogP contribution >= 0.6 is 11.6 Å². The van der Waals surface area contributed by atoms with Gasteiger partial charge < -0.3 is 14.7 Å². The Balaban J connectivity index is 1.67. The van der Waals surface area contributed by atoms with Crippen LogP contribution < -0.4 is 0 Å². The topological polar surface area (TPSA) is 70.1 Å². The fourth-order valence-corrected chi connectivity index (χ4v) is 4.31. The van der Waals surface area contributed by atoms with Gasteiger partial charge in [0.1, 0.15) is 11.6 Å². The van der Waals surface area contributed by atoms with E-state index in [9.17, 15) is 19.1 Å². The molecule has 8 heteroatoms. The van der Waals surface area contributed by atoms with Gasteiger partial charge in [0, 0.05) is 36.8 Å². The van der Waals surface area contributed by atoms with Crippen LogP contribution in [-0.4, -0.2) is 66.0 Å². The first-order chi connectivity index (χ1) is 15.5. The maximum absolute atomic E-state index is 14.0. The number of nitrogens with zero attached hydrogens (tertiary/aromatic N) is 2. The second-order valence-corrected chi connectivity index (χ2v) is 8.30. The van der Waals surface area contributed by atoms with Gasteiger partial charge in [0.2, 0.25) is 0 Å². The molecule has 0 saturated carbocycles. The number of Topliss-reactive ketones (excluding diaryl/α,β-unsaturated/α-hetero) is 1. The average molecular weight is 459 g/mol. The fraction of sp³-hybridized carbons (Fsp3) is 0.333. The molecule has 0 bridgehead atoms. The zero-order valence-corrected chi connectivity index (χ0v) is 18.2. The van der Waals surface area contributed by atoms with Gasteiger partial charge in [-0.05, 0) is 48.4 Å². The van der Waals surface area contributed by atoms with Crippen LogP contribution in [0.25, 0.3) is 5.76 Å². The summed E-state index contributed by atoms with van der Waals surface area (Å²) >= 11 is 5.93. The van der Waals surface area contributed by atoms with E-state index in [0.29, 0.717) is 42.3 Å². The van der Waals surface area contributed by atoms with E-state index in [2.05, 4.69) is 4.90 Å².